The summed E-state index contributed by atoms with van der Waals surface area (Å²) < 4.78 is 5.41. The molecule has 0 bridgehead atoms. The topological polar surface area (TPSA) is 56.2 Å². The molecule has 2 fully saturated rings. The Bertz CT molecular complexity index is 545. The molecule has 2 aliphatic rings. The Morgan fingerprint density at radius 2 is 1.88 bits per heavy atom. The molecule has 1 aromatic carbocycles. The third kappa shape index (κ3) is 4.80. The van der Waals surface area contributed by atoms with Crippen molar-refractivity contribution in [3.63, 3.8) is 0 Å². The molecule has 3 atom stereocenters. The highest BCUT2D eigenvalue weighted by Crippen LogP contribution is 2.23. The number of hydrogen-bond donors (Lipinski definition) is 2. The Balaban J connectivity index is 1.45. The molecular weight excluding hydrogens is 316 g/mol. The lowest BCUT2D eigenvalue weighted by molar-refractivity contribution is -0.130. The molecule has 0 radical (unpaired) electrons. The fourth-order valence-electron chi connectivity index (χ4n) is 4.05. The summed E-state index contributed by atoms with van der Waals surface area (Å²) in [5, 5.41) is 20.0. The zero-order valence-corrected chi connectivity index (χ0v) is 15.5. The van der Waals surface area contributed by atoms with Crippen molar-refractivity contribution in [3.05, 3.63) is 35.4 Å². The average molecular weight is 348 g/mol. The van der Waals surface area contributed by atoms with Crippen LogP contribution in [0, 0.1) is 12.8 Å². The molecule has 1 aromatic rings. The summed E-state index contributed by atoms with van der Waals surface area (Å²) in [6.45, 7) is 7.16. The zero-order valence-electron chi connectivity index (χ0n) is 15.5. The molecule has 5 heteroatoms. The Hall–Kier alpha value is -0.980. The molecular formula is C20H32N2O3. The minimum Gasteiger partial charge on any atom is -0.389 e. The maximum absolute atomic E-state index is 10.2. The first-order valence-corrected chi connectivity index (χ1v) is 9.45. The normalized spacial score (nSPS) is 29.2. The lowest BCUT2D eigenvalue weighted by Gasteiger charge is -2.40. The van der Waals surface area contributed by atoms with Crippen molar-refractivity contribution < 1.29 is 14.9 Å². The van der Waals surface area contributed by atoms with Crippen molar-refractivity contribution in [2.24, 2.45) is 5.92 Å². The van der Waals surface area contributed by atoms with Gasteiger partial charge < -0.3 is 14.9 Å². The highest BCUT2D eigenvalue weighted by Gasteiger charge is 2.35. The number of benzene rings is 1. The maximum Gasteiger partial charge on any atom is 0.105 e. The smallest absolute Gasteiger partial charge is 0.105 e. The minimum atomic E-state index is -0.767. The van der Waals surface area contributed by atoms with Gasteiger partial charge in [-0.15, -0.1) is 0 Å². The largest absolute Gasteiger partial charge is 0.389 e. The van der Waals surface area contributed by atoms with Gasteiger partial charge in [0.2, 0.25) is 0 Å². The van der Waals surface area contributed by atoms with Gasteiger partial charge in [0.05, 0.1) is 25.4 Å². The van der Waals surface area contributed by atoms with E-state index in [1.165, 1.54) is 24.0 Å². The van der Waals surface area contributed by atoms with Crippen LogP contribution in [-0.2, 0) is 11.3 Å². The van der Waals surface area contributed by atoms with E-state index in [2.05, 4.69) is 41.0 Å². The third-order valence-corrected chi connectivity index (χ3v) is 5.84. The number of likely N-dealkylation sites (tertiary alicyclic amines) is 1. The van der Waals surface area contributed by atoms with Gasteiger partial charge >= 0.3 is 0 Å². The quantitative estimate of drug-likeness (QED) is 0.839. The molecule has 0 aromatic heterocycles. The Labute approximate surface area is 151 Å². The number of aliphatic hydroxyl groups is 2. The fourth-order valence-corrected chi connectivity index (χ4v) is 4.05. The second kappa shape index (κ2) is 8.60. The highest BCUT2D eigenvalue weighted by atomic mass is 16.5. The summed E-state index contributed by atoms with van der Waals surface area (Å²) in [6, 6.07) is 8.53. The van der Waals surface area contributed by atoms with Crippen molar-refractivity contribution in [1.82, 2.24) is 9.80 Å². The van der Waals surface area contributed by atoms with Gasteiger partial charge in [-0.1, -0.05) is 24.3 Å². The van der Waals surface area contributed by atoms with Crippen LogP contribution in [0.4, 0.5) is 0 Å². The monoisotopic (exact) mass is 348 g/mol. The number of likely N-dealkylation sites (N-methyl/N-ethyl adjacent to an activating group) is 1. The first kappa shape index (κ1) is 18.8. The SMILES string of the molecule is Cc1ccccc1CN1CCC(CN(C)[C@@H]2COC[C@@H](O)[C@H]2O)CC1. The molecule has 5 nitrogen and oxygen atoms in total. The number of rotatable bonds is 5. The minimum absolute atomic E-state index is 0.103. The van der Waals surface area contributed by atoms with E-state index in [0.717, 1.165) is 26.2 Å². The molecule has 3 rings (SSSR count). The van der Waals surface area contributed by atoms with Crippen LogP contribution in [0.2, 0.25) is 0 Å². The van der Waals surface area contributed by atoms with Crippen molar-refractivity contribution in [3.8, 4) is 0 Å². The van der Waals surface area contributed by atoms with E-state index in [4.69, 9.17) is 4.74 Å². The van der Waals surface area contributed by atoms with Gasteiger partial charge in [-0.3, -0.25) is 9.80 Å². The molecule has 2 saturated heterocycles. The Morgan fingerprint density at radius 1 is 1.16 bits per heavy atom. The van der Waals surface area contributed by atoms with Gasteiger partial charge in [0, 0.05) is 13.1 Å². The van der Waals surface area contributed by atoms with Crippen molar-refractivity contribution in [2.45, 2.75) is 44.6 Å². The number of aliphatic hydroxyl groups excluding tert-OH is 2. The lowest BCUT2D eigenvalue weighted by atomic mass is 9.94. The maximum atomic E-state index is 10.2. The standard InChI is InChI=1S/C20H32N2O3/c1-15-5-3-4-6-17(15)12-22-9-7-16(8-10-22)11-21(2)18-13-25-14-19(23)20(18)24/h3-6,16,18-20,23-24H,7-14H2,1-2H3/t18-,19-,20+/m1/s1. The number of nitrogens with zero attached hydrogens (tertiary/aromatic N) is 2. The predicted molar refractivity (Wildman–Crippen MR) is 98.4 cm³/mol. The molecule has 0 spiro atoms. The predicted octanol–water partition coefficient (Wildman–Crippen LogP) is 1.26. The van der Waals surface area contributed by atoms with E-state index >= 15 is 0 Å². The second-order valence-corrected chi connectivity index (χ2v) is 7.75. The summed E-state index contributed by atoms with van der Waals surface area (Å²) in [5.74, 6) is 0.643. The van der Waals surface area contributed by atoms with Gasteiger partial charge in [0.15, 0.2) is 0 Å². The Kier molecular flexibility index (Phi) is 6.47. The summed E-state index contributed by atoms with van der Waals surface area (Å²) in [4.78, 5) is 4.72. The number of piperidine rings is 1. The summed E-state index contributed by atoms with van der Waals surface area (Å²) in [7, 11) is 2.04. The van der Waals surface area contributed by atoms with E-state index in [9.17, 15) is 10.2 Å². The molecule has 2 heterocycles. The first-order chi connectivity index (χ1) is 12.0. The van der Waals surface area contributed by atoms with Crippen molar-refractivity contribution in [1.29, 1.82) is 0 Å². The summed E-state index contributed by atoms with van der Waals surface area (Å²) in [6.07, 6.45) is 0.891. The molecule has 0 saturated carbocycles. The van der Waals surface area contributed by atoms with Crippen LogP contribution in [0.1, 0.15) is 24.0 Å². The van der Waals surface area contributed by atoms with Gasteiger partial charge in [-0.25, -0.2) is 0 Å². The number of aryl methyl sites for hydroxylation is 1. The average Bonchev–Trinajstić information content (AvgIpc) is 2.61. The van der Waals surface area contributed by atoms with Crippen LogP contribution >= 0.6 is 0 Å². The summed E-state index contributed by atoms with van der Waals surface area (Å²) >= 11 is 0. The molecule has 0 amide bonds. The zero-order chi connectivity index (χ0) is 17.8. The lowest BCUT2D eigenvalue weighted by Crippen LogP contribution is -2.56. The van der Waals surface area contributed by atoms with E-state index in [-0.39, 0.29) is 12.6 Å². The van der Waals surface area contributed by atoms with Gasteiger partial charge in [0.25, 0.3) is 0 Å². The van der Waals surface area contributed by atoms with Gasteiger partial charge in [0.1, 0.15) is 6.10 Å². The highest BCUT2D eigenvalue weighted by molar-refractivity contribution is 5.25. The number of hydrogen-bond acceptors (Lipinski definition) is 5. The molecule has 2 aliphatic heterocycles. The van der Waals surface area contributed by atoms with E-state index < -0.39 is 12.2 Å². The van der Waals surface area contributed by atoms with Crippen LogP contribution in [0.15, 0.2) is 24.3 Å². The van der Waals surface area contributed by atoms with Gasteiger partial charge in [-0.05, 0) is 56.9 Å². The first-order valence-electron chi connectivity index (χ1n) is 9.45. The molecule has 0 unspecified atom stereocenters. The van der Waals surface area contributed by atoms with E-state index in [1.807, 2.05) is 7.05 Å². The number of ether oxygens (including phenoxy) is 1. The molecule has 25 heavy (non-hydrogen) atoms. The van der Waals surface area contributed by atoms with Crippen LogP contribution in [0.5, 0.6) is 0 Å². The summed E-state index contributed by atoms with van der Waals surface area (Å²) in [5.41, 5.74) is 2.80. The molecule has 2 N–H and O–H groups in total. The van der Waals surface area contributed by atoms with Crippen LogP contribution in [0.3, 0.4) is 0 Å². The van der Waals surface area contributed by atoms with E-state index in [0.29, 0.717) is 12.5 Å². The van der Waals surface area contributed by atoms with Crippen LogP contribution < -0.4 is 0 Å². The Morgan fingerprint density at radius 3 is 2.60 bits per heavy atom. The third-order valence-electron chi connectivity index (χ3n) is 5.84. The fraction of sp³-hybridized carbons (Fsp3) is 0.700. The van der Waals surface area contributed by atoms with Crippen molar-refractivity contribution in [2.75, 3.05) is 39.9 Å². The van der Waals surface area contributed by atoms with Crippen molar-refractivity contribution >= 4 is 0 Å². The van der Waals surface area contributed by atoms with Crippen LogP contribution in [-0.4, -0.2) is 78.2 Å². The second-order valence-electron chi connectivity index (χ2n) is 7.75. The van der Waals surface area contributed by atoms with Crippen LogP contribution in [0.25, 0.3) is 0 Å². The van der Waals surface area contributed by atoms with E-state index in [1.54, 1.807) is 0 Å². The molecule has 140 valence electrons. The van der Waals surface area contributed by atoms with Gasteiger partial charge in [-0.2, -0.15) is 0 Å². The molecule has 0 aliphatic carbocycles.